The minimum absolute atomic E-state index is 0.0984. The highest BCUT2D eigenvalue weighted by Crippen LogP contribution is 2.57. The van der Waals surface area contributed by atoms with Crippen molar-refractivity contribution in [1.82, 2.24) is 0 Å². The maximum absolute atomic E-state index is 10.9. The number of fused-ring (bicyclic) bond motifs is 3. The van der Waals surface area contributed by atoms with Gasteiger partial charge in [-0.2, -0.15) is 0 Å². The van der Waals surface area contributed by atoms with Crippen molar-refractivity contribution < 1.29 is 10.2 Å². The molecule has 5 rings (SSSR count). The molecule has 31 heavy (non-hydrogen) atoms. The first-order valence-electron chi connectivity index (χ1n) is 10.7. The molecule has 0 spiro atoms. The molecule has 2 heteroatoms. The Morgan fingerprint density at radius 1 is 0.548 bits per heavy atom. The molecule has 0 saturated heterocycles. The summed E-state index contributed by atoms with van der Waals surface area (Å²) in [5.74, 6) is 0.477. The Balaban J connectivity index is 1.99. The quantitative estimate of drug-likeness (QED) is 0.326. The fourth-order valence-electron chi connectivity index (χ4n) is 5.31. The van der Waals surface area contributed by atoms with E-state index in [2.05, 4.69) is 45.9 Å². The van der Waals surface area contributed by atoms with Gasteiger partial charge in [0.05, 0.1) is 0 Å². The predicted molar refractivity (Wildman–Crippen MR) is 127 cm³/mol. The highest BCUT2D eigenvalue weighted by Gasteiger charge is 2.37. The number of aryl methyl sites for hydroxylation is 1. The Labute approximate surface area is 183 Å². The molecule has 0 saturated carbocycles. The molecule has 1 unspecified atom stereocenters. The molecule has 0 fully saturated rings. The van der Waals surface area contributed by atoms with Crippen molar-refractivity contribution in [3.05, 3.63) is 106 Å². The van der Waals surface area contributed by atoms with Crippen LogP contribution in [0.2, 0.25) is 0 Å². The highest BCUT2D eigenvalue weighted by atomic mass is 16.3. The highest BCUT2D eigenvalue weighted by molar-refractivity contribution is 5.94. The van der Waals surface area contributed by atoms with Crippen molar-refractivity contribution in [2.45, 2.75) is 33.6 Å². The third-order valence-electron chi connectivity index (χ3n) is 6.99. The molecule has 2 N–H and O–H groups in total. The zero-order chi connectivity index (χ0) is 21.9. The van der Waals surface area contributed by atoms with Gasteiger partial charge in [0.25, 0.3) is 0 Å². The Morgan fingerprint density at radius 2 is 1.16 bits per heavy atom. The monoisotopic (exact) mass is 406 g/mol. The summed E-state index contributed by atoms with van der Waals surface area (Å²) in [4.78, 5) is 0. The van der Waals surface area contributed by atoms with Crippen LogP contribution in [-0.4, -0.2) is 10.2 Å². The summed E-state index contributed by atoms with van der Waals surface area (Å²) in [6.45, 7) is 8.66. The molecule has 0 amide bonds. The third kappa shape index (κ3) is 2.71. The van der Waals surface area contributed by atoms with E-state index in [1.807, 2.05) is 36.4 Å². The lowest BCUT2D eigenvalue weighted by Gasteiger charge is -2.24. The van der Waals surface area contributed by atoms with E-state index in [1.165, 1.54) is 44.5 Å². The summed E-state index contributed by atoms with van der Waals surface area (Å²) < 4.78 is 0. The van der Waals surface area contributed by atoms with Gasteiger partial charge < -0.3 is 10.2 Å². The topological polar surface area (TPSA) is 40.5 Å². The van der Waals surface area contributed by atoms with Crippen molar-refractivity contribution in [3.63, 3.8) is 0 Å². The van der Waals surface area contributed by atoms with E-state index in [1.54, 1.807) is 12.1 Å². The molecule has 4 aromatic rings. The van der Waals surface area contributed by atoms with E-state index in [0.29, 0.717) is 5.75 Å². The van der Waals surface area contributed by atoms with E-state index in [-0.39, 0.29) is 11.7 Å². The van der Waals surface area contributed by atoms with Crippen molar-refractivity contribution in [1.29, 1.82) is 0 Å². The van der Waals surface area contributed by atoms with Crippen LogP contribution in [0.3, 0.4) is 0 Å². The van der Waals surface area contributed by atoms with E-state index >= 15 is 0 Å². The van der Waals surface area contributed by atoms with Gasteiger partial charge >= 0.3 is 0 Å². The minimum atomic E-state index is -0.0984. The molecule has 0 aliphatic heterocycles. The van der Waals surface area contributed by atoms with E-state index in [0.717, 1.165) is 16.7 Å². The van der Waals surface area contributed by atoms with Crippen LogP contribution in [0.25, 0.3) is 22.3 Å². The SMILES string of the molecule is Cc1cccc2c1-c1c(C)c(C)c(C)c(-c3ccccc3O)c1C2c1ccccc1O. The van der Waals surface area contributed by atoms with Crippen LogP contribution in [0, 0.1) is 27.7 Å². The lowest BCUT2D eigenvalue weighted by atomic mass is 9.80. The first-order valence-corrected chi connectivity index (χ1v) is 10.7. The van der Waals surface area contributed by atoms with Gasteiger partial charge in [0, 0.05) is 17.0 Å². The molecule has 0 heterocycles. The molecular formula is C29H26O2. The van der Waals surface area contributed by atoms with Crippen LogP contribution in [0.5, 0.6) is 11.5 Å². The normalized spacial score (nSPS) is 14.4. The third-order valence-corrected chi connectivity index (χ3v) is 6.99. The van der Waals surface area contributed by atoms with Gasteiger partial charge in [-0.25, -0.2) is 0 Å². The maximum atomic E-state index is 10.9. The summed E-state index contributed by atoms with van der Waals surface area (Å²) in [6, 6.07) is 21.6. The molecule has 2 nitrogen and oxygen atoms in total. The van der Waals surface area contributed by atoms with Gasteiger partial charge in [-0.3, -0.25) is 0 Å². The Morgan fingerprint density at radius 3 is 1.87 bits per heavy atom. The molecule has 1 atom stereocenters. The molecule has 1 aliphatic rings. The van der Waals surface area contributed by atoms with Crippen LogP contribution in [0.15, 0.2) is 66.7 Å². The minimum Gasteiger partial charge on any atom is -0.508 e. The van der Waals surface area contributed by atoms with Crippen LogP contribution < -0.4 is 0 Å². The van der Waals surface area contributed by atoms with Gasteiger partial charge in [0.2, 0.25) is 0 Å². The summed E-state index contributed by atoms with van der Waals surface area (Å²) >= 11 is 0. The maximum Gasteiger partial charge on any atom is 0.123 e. The Bertz CT molecular complexity index is 1350. The Hall–Kier alpha value is -3.52. The number of hydrogen-bond acceptors (Lipinski definition) is 2. The fourth-order valence-corrected chi connectivity index (χ4v) is 5.31. The number of aromatic hydroxyl groups is 2. The number of para-hydroxylation sites is 2. The van der Waals surface area contributed by atoms with E-state index < -0.39 is 0 Å². The summed E-state index contributed by atoms with van der Waals surface area (Å²) in [6.07, 6.45) is 0. The van der Waals surface area contributed by atoms with Gasteiger partial charge in [-0.05, 0) is 89.9 Å². The van der Waals surface area contributed by atoms with Crippen molar-refractivity contribution in [2.24, 2.45) is 0 Å². The smallest absolute Gasteiger partial charge is 0.123 e. The second-order valence-corrected chi connectivity index (χ2v) is 8.59. The molecule has 0 radical (unpaired) electrons. The van der Waals surface area contributed by atoms with Gasteiger partial charge in [0.1, 0.15) is 11.5 Å². The average molecular weight is 407 g/mol. The van der Waals surface area contributed by atoms with Crippen LogP contribution >= 0.6 is 0 Å². The van der Waals surface area contributed by atoms with Crippen molar-refractivity contribution >= 4 is 0 Å². The van der Waals surface area contributed by atoms with Gasteiger partial charge in [0.15, 0.2) is 0 Å². The zero-order valence-electron chi connectivity index (χ0n) is 18.3. The standard InChI is InChI=1S/C29H26O2/c1-16-10-9-13-22-25(16)27-19(4)17(2)18(3)26(20-11-5-7-14-23(20)30)29(27)28(22)21-12-6-8-15-24(21)31/h5-15,28,30-31H,1-4H3. The lowest BCUT2D eigenvalue weighted by Crippen LogP contribution is -2.05. The molecule has 0 aromatic heterocycles. The second-order valence-electron chi connectivity index (χ2n) is 8.59. The molecule has 0 bridgehead atoms. The summed E-state index contributed by atoms with van der Waals surface area (Å²) in [5.41, 5.74) is 12.6. The number of benzene rings is 4. The largest absolute Gasteiger partial charge is 0.508 e. The van der Waals surface area contributed by atoms with Crippen LogP contribution in [0.4, 0.5) is 0 Å². The molecule has 4 aromatic carbocycles. The summed E-state index contributed by atoms with van der Waals surface area (Å²) in [7, 11) is 0. The average Bonchev–Trinajstić information content (AvgIpc) is 3.10. The van der Waals surface area contributed by atoms with Crippen molar-refractivity contribution in [2.75, 3.05) is 0 Å². The van der Waals surface area contributed by atoms with Gasteiger partial charge in [-0.1, -0.05) is 54.6 Å². The zero-order valence-corrected chi connectivity index (χ0v) is 18.3. The molecular weight excluding hydrogens is 380 g/mol. The van der Waals surface area contributed by atoms with Crippen molar-refractivity contribution in [3.8, 4) is 33.8 Å². The predicted octanol–water partition coefficient (Wildman–Crippen LogP) is 7.16. The first kappa shape index (κ1) is 19.4. The van der Waals surface area contributed by atoms with Gasteiger partial charge in [-0.15, -0.1) is 0 Å². The second kappa shape index (κ2) is 7.02. The molecule has 154 valence electrons. The van der Waals surface area contributed by atoms with E-state index in [4.69, 9.17) is 0 Å². The lowest BCUT2D eigenvalue weighted by molar-refractivity contribution is 0.467. The number of rotatable bonds is 2. The van der Waals surface area contributed by atoms with Crippen LogP contribution in [0.1, 0.15) is 44.9 Å². The van der Waals surface area contributed by atoms with Crippen LogP contribution in [-0.2, 0) is 0 Å². The van der Waals surface area contributed by atoms with E-state index in [9.17, 15) is 10.2 Å². The fraction of sp³-hybridized carbons (Fsp3) is 0.172. The summed E-state index contributed by atoms with van der Waals surface area (Å²) in [5, 5.41) is 21.7. The Kier molecular flexibility index (Phi) is 4.40. The molecule has 1 aliphatic carbocycles. The number of phenols is 2. The number of phenolic OH excluding ortho intramolecular Hbond substituents is 2. The number of hydrogen-bond donors (Lipinski definition) is 2. The first-order chi connectivity index (χ1) is 14.9.